The summed E-state index contributed by atoms with van der Waals surface area (Å²) >= 11 is 7.62. The minimum Gasteiger partial charge on any atom is -0.326 e. The van der Waals surface area contributed by atoms with Gasteiger partial charge in [-0.2, -0.15) is 5.26 Å². The number of carbonyl (C=O) groups is 1. The number of hydrogen-bond donors (Lipinski definition) is 0. The van der Waals surface area contributed by atoms with E-state index < -0.39 is 5.54 Å². The Morgan fingerprint density at radius 1 is 1.32 bits per heavy atom. The number of nitrogens with zero attached hydrogens (tertiary/aromatic N) is 5. The third-order valence-electron chi connectivity index (χ3n) is 5.44. The molecule has 1 heterocycles. The lowest BCUT2D eigenvalue weighted by molar-refractivity contribution is -0.133. The summed E-state index contributed by atoms with van der Waals surface area (Å²) in [5.74, 6) is 0.595. The molecule has 28 heavy (non-hydrogen) atoms. The van der Waals surface area contributed by atoms with Crippen LogP contribution in [0.2, 0.25) is 5.02 Å². The molecule has 0 saturated heterocycles. The normalized spacial score (nSPS) is 17.0. The molecular formula is C20H24ClN5OS. The minimum absolute atomic E-state index is 0.0595. The highest BCUT2D eigenvalue weighted by Crippen LogP contribution is 2.35. The van der Waals surface area contributed by atoms with Gasteiger partial charge in [-0.3, -0.25) is 4.79 Å². The van der Waals surface area contributed by atoms with Gasteiger partial charge in [-0.1, -0.05) is 54.8 Å². The monoisotopic (exact) mass is 417 g/mol. The Morgan fingerprint density at radius 3 is 2.64 bits per heavy atom. The molecule has 1 saturated carbocycles. The van der Waals surface area contributed by atoms with Gasteiger partial charge in [0.15, 0.2) is 11.0 Å². The SMILES string of the molecule is C[C@H](Sc1nnc(-c2ccccc2Cl)n1C)C(=O)N(C)C1(C#N)CCCCC1. The van der Waals surface area contributed by atoms with Crippen LogP contribution in [0.4, 0.5) is 0 Å². The number of rotatable bonds is 5. The average molecular weight is 418 g/mol. The van der Waals surface area contributed by atoms with Crippen molar-refractivity contribution in [2.45, 2.75) is 55.0 Å². The van der Waals surface area contributed by atoms with Crippen molar-refractivity contribution >= 4 is 29.3 Å². The molecule has 0 aliphatic heterocycles. The lowest BCUT2D eigenvalue weighted by atomic mass is 9.81. The fourth-order valence-electron chi connectivity index (χ4n) is 3.65. The van der Waals surface area contributed by atoms with Gasteiger partial charge in [0.05, 0.1) is 16.3 Å². The first-order valence-electron chi connectivity index (χ1n) is 9.39. The first kappa shape index (κ1) is 20.7. The Morgan fingerprint density at radius 2 is 2.00 bits per heavy atom. The van der Waals surface area contributed by atoms with Crippen molar-refractivity contribution in [2.75, 3.05) is 7.05 Å². The van der Waals surface area contributed by atoms with E-state index >= 15 is 0 Å². The lowest BCUT2D eigenvalue weighted by Gasteiger charge is -2.40. The van der Waals surface area contributed by atoms with E-state index in [1.807, 2.05) is 42.8 Å². The van der Waals surface area contributed by atoms with Crippen LogP contribution in [0.1, 0.15) is 39.0 Å². The van der Waals surface area contributed by atoms with Gasteiger partial charge in [0, 0.05) is 19.7 Å². The Bertz CT molecular complexity index is 900. The summed E-state index contributed by atoms with van der Waals surface area (Å²) in [5.41, 5.74) is 0.111. The molecule has 1 aliphatic carbocycles. The highest BCUT2D eigenvalue weighted by Gasteiger charge is 2.40. The summed E-state index contributed by atoms with van der Waals surface area (Å²) in [5, 5.41) is 19.1. The summed E-state index contributed by atoms with van der Waals surface area (Å²) in [4.78, 5) is 14.7. The van der Waals surface area contributed by atoms with E-state index in [4.69, 9.17) is 11.6 Å². The predicted molar refractivity (Wildman–Crippen MR) is 111 cm³/mol. The third-order valence-corrected chi connectivity index (χ3v) is 6.89. The molecule has 0 unspecified atom stereocenters. The number of hydrogen-bond acceptors (Lipinski definition) is 5. The molecule has 0 N–H and O–H groups in total. The van der Waals surface area contributed by atoms with Gasteiger partial charge in [-0.15, -0.1) is 10.2 Å². The molecule has 1 amide bonds. The lowest BCUT2D eigenvalue weighted by Crippen LogP contribution is -2.52. The van der Waals surface area contributed by atoms with Crippen molar-refractivity contribution in [3.8, 4) is 17.5 Å². The van der Waals surface area contributed by atoms with E-state index in [1.165, 1.54) is 11.8 Å². The first-order chi connectivity index (χ1) is 13.4. The topological polar surface area (TPSA) is 74.8 Å². The van der Waals surface area contributed by atoms with Gasteiger partial charge < -0.3 is 9.47 Å². The van der Waals surface area contributed by atoms with E-state index in [-0.39, 0.29) is 11.2 Å². The van der Waals surface area contributed by atoms with Gasteiger partial charge in [-0.05, 0) is 31.9 Å². The molecule has 1 fully saturated rings. The fourth-order valence-corrected chi connectivity index (χ4v) is 4.77. The molecule has 8 heteroatoms. The second-order valence-corrected chi connectivity index (χ2v) is 8.92. The van der Waals surface area contributed by atoms with Crippen molar-refractivity contribution in [3.63, 3.8) is 0 Å². The number of nitriles is 1. The highest BCUT2D eigenvalue weighted by atomic mass is 35.5. The van der Waals surface area contributed by atoms with Crippen LogP contribution in [0.3, 0.4) is 0 Å². The van der Waals surface area contributed by atoms with E-state index in [9.17, 15) is 10.1 Å². The van der Waals surface area contributed by atoms with Crippen LogP contribution in [0.5, 0.6) is 0 Å². The zero-order valence-corrected chi connectivity index (χ0v) is 17.9. The van der Waals surface area contributed by atoms with Crippen molar-refractivity contribution in [1.82, 2.24) is 19.7 Å². The zero-order valence-electron chi connectivity index (χ0n) is 16.4. The predicted octanol–water partition coefficient (Wildman–Crippen LogP) is 4.30. The highest BCUT2D eigenvalue weighted by molar-refractivity contribution is 8.00. The standard InChI is InChI=1S/C20H24ClN5OS/c1-14(18(27)26(3)20(13-22)11-7-4-8-12-20)28-19-24-23-17(25(19)2)15-9-5-6-10-16(15)21/h5-6,9-10,14H,4,7-8,11-12H2,1-3H3/t14-/m0/s1. The maximum Gasteiger partial charge on any atom is 0.236 e. The van der Waals surface area contributed by atoms with Gasteiger partial charge in [0.2, 0.25) is 5.91 Å². The van der Waals surface area contributed by atoms with E-state index in [2.05, 4.69) is 16.3 Å². The number of carbonyl (C=O) groups excluding carboxylic acids is 1. The van der Waals surface area contributed by atoms with E-state index in [1.54, 1.807) is 11.9 Å². The van der Waals surface area contributed by atoms with E-state index in [0.717, 1.165) is 37.7 Å². The Balaban J connectivity index is 1.76. The Labute approximate surface area is 174 Å². The van der Waals surface area contributed by atoms with Gasteiger partial charge >= 0.3 is 0 Å². The smallest absolute Gasteiger partial charge is 0.236 e. The van der Waals surface area contributed by atoms with Crippen molar-refractivity contribution < 1.29 is 4.79 Å². The molecule has 0 spiro atoms. The van der Waals surface area contributed by atoms with Gasteiger partial charge in [-0.25, -0.2) is 0 Å². The summed E-state index contributed by atoms with van der Waals surface area (Å²) < 4.78 is 1.84. The van der Waals surface area contributed by atoms with Crippen LogP contribution in [-0.4, -0.2) is 43.4 Å². The maximum absolute atomic E-state index is 13.0. The summed E-state index contributed by atoms with van der Waals surface area (Å²) in [7, 11) is 3.61. The quantitative estimate of drug-likeness (QED) is 0.678. The molecule has 1 aromatic heterocycles. The fraction of sp³-hybridized carbons (Fsp3) is 0.500. The number of aromatic nitrogens is 3. The van der Waals surface area contributed by atoms with Crippen LogP contribution < -0.4 is 0 Å². The Hall–Kier alpha value is -2.04. The second kappa shape index (κ2) is 8.54. The molecule has 1 aromatic carbocycles. The van der Waals surface area contributed by atoms with E-state index in [0.29, 0.717) is 16.0 Å². The molecule has 1 aliphatic rings. The first-order valence-corrected chi connectivity index (χ1v) is 10.7. The number of thioether (sulfide) groups is 1. The third kappa shape index (κ3) is 3.89. The number of benzene rings is 1. The zero-order chi connectivity index (χ0) is 20.3. The maximum atomic E-state index is 13.0. The Kier molecular flexibility index (Phi) is 6.31. The van der Waals surface area contributed by atoms with Gasteiger partial charge in [0.1, 0.15) is 5.54 Å². The minimum atomic E-state index is -0.688. The molecular weight excluding hydrogens is 394 g/mol. The van der Waals surface area contributed by atoms with Crippen molar-refractivity contribution in [3.05, 3.63) is 29.3 Å². The molecule has 2 aromatic rings. The summed E-state index contributed by atoms with van der Waals surface area (Å²) in [6, 6.07) is 9.87. The van der Waals surface area contributed by atoms with Crippen LogP contribution in [0.25, 0.3) is 11.4 Å². The van der Waals surface area contributed by atoms with Gasteiger partial charge in [0.25, 0.3) is 0 Å². The van der Waals surface area contributed by atoms with Crippen LogP contribution in [0, 0.1) is 11.3 Å². The van der Waals surface area contributed by atoms with Crippen LogP contribution in [-0.2, 0) is 11.8 Å². The second-order valence-electron chi connectivity index (χ2n) is 7.21. The molecule has 0 bridgehead atoms. The number of amides is 1. The average Bonchev–Trinajstić information content (AvgIpc) is 3.07. The molecule has 3 rings (SSSR count). The molecule has 148 valence electrons. The molecule has 0 radical (unpaired) electrons. The van der Waals surface area contributed by atoms with Crippen LogP contribution in [0.15, 0.2) is 29.4 Å². The largest absolute Gasteiger partial charge is 0.326 e. The number of halogens is 1. The molecule has 1 atom stereocenters. The van der Waals surface area contributed by atoms with Crippen molar-refractivity contribution in [2.24, 2.45) is 7.05 Å². The van der Waals surface area contributed by atoms with Crippen molar-refractivity contribution in [1.29, 1.82) is 5.26 Å². The van der Waals surface area contributed by atoms with Crippen LogP contribution >= 0.6 is 23.4 Å². The molecule has 6 nitrogen and oxygen atoms in total. The summed E-state index contributed by atoms with van der Waals surface area (Å²) in [6.07, 6.45) is 4.57. The summed E-state index contributed by atoms with van der Waals surface area (Å²) in [6.45, 7) is 1.85.